The molecule has 0 atom stereocenters. The van der Waals surface area contributed by atoms with E-state index in [0.29, 0.717) is 27.2 Å². The predicted octanol–water partition coefficient (Wildman–Crippen LogP) is 4.67. The number of nitrogens with one attached hydrogen (secondary N) is 2. The van der Waals surface area contributed by atoms with Crippen molar-refractivity contribution >= 4 is 46.4 Å². The minimum Gasteiger partial charge on any atom is -0.484 e. The molecule has 2 aromatic carbocycles. The van der Waals surface area contributed by atoms with Crippen LogP contribution in [-0.4, -0.2) is 18.4 Å². The number of halogens is 2. The third kappa shape index (κ3) is 4.90. The van der Waals surface area contributed by atoms with Crippen LogP contribution in [0.15, 0.2) is 36.4 Å². The van der Waals surface area contributed by atoms with Crippen molar-refractivity contribution in [1.29, 1.82) is 0 Å². The average molecular weight is 393 g/mol. The van der Waals surface area contributed by atoms with E-state index in [0.717, 1.165) is 18.4 Å². The molecule has 1 aliphatic rings. The molecular weight excluding hydrogens is 375 g/mol. The van der Waals surface area contributed by atoms with Gasteiger partial charge in [-0.3, -0.25) is 9.59 Å². The van der Waals surface area contributed by atoms with E-state index in [1.54, 1.807) is 24.3 Å². The Labute approximate surface area is 161 Å². The van der Waals surface area contributed by atoms with Gasteiger partial charge in [0.25, 0.3) is 5.91 Å². The number of hydrogen-bond acceptors (Lipinski definition) is 3. The van der Waals surface area contributed by atoms with Gasteiger partial charge in [0.2, 0.25) is 5.91 Å². The quantitative estimate of drug-likeness (QED) is 0.750. The van der Waals surface area contributed by atoms with E-state index in [-0.39, 0.29) is 24.3 Å². The lowest BCUT2D eigenvalue weighted by Gasteiger charge is -2.12. The van der Waals surface area contributed by atoms with Crippen molar-refractivity contribution in [3.05, 3.63) is 52.0 Å². The molecule has 1 aliphatic carbocycles. The number of carbonyl (C=O) groups excluding carboxylic acids is 2. The van der Waals surface area contributed by atoms with Crippen LogP contribution in [0.2, 0.25) is 10.0 Å². The van der Waals surface area contributed by atoms with Gasteiger partial charge < -0.3 is 15.4 Å². The molecule has 1 fully saturated rings. The van der Waals surface area contributed by atoms with Gasteiger partial charge in [0, 0.05) is 23.4 Å². The zero-order valence-corrected chi connectivity index (χ0v) is 15.7. The van der Waals surface area contributed by atoms with Gasteiger partial charge in [-0.2, -0.15) is 0 Å². The van der Waals surface area contributed by atoms with Crippen LogP contribution in [0.1, 0.15) is 18.4 Å². The van der Waals surface area contributed by atoms with Gasteiger partial charge in [0.1, 0.15) is 5.75 Å². The Balaban J connectivity index is 1.59. The third-order valence-electron chi connectivity index (χ3n) is 3.99. The summed E-state index contributed by atoms with van der Waals surface area (Å²) in [7, 11) is 0. The number of hydrogen-bond donors (Lipinski definition) is 2. The van der Waals surface area contributed by atoms with E-state index in [2.05, 4.69) is 10.6 Å². The maximum Gasteiger partial charge on any atom is 0.262 e. The summed E-state index contributed by atoms with van der Waals surface area (Å²) in [5.74, 6) is 0.282. The van der Waals surface area contributed by atoms with Crippen molar-refractivity contribution < 1.29 is 14.3 Å². The molecule has 0 heterocycles. The van der Waals surface area contributed by atoms with E-state index < -0.39 is 0 Å². The first-order valence-electron chi connectivity index (χ1n) is 8.21. The van der Waals surface area contributed by atoms with Crippen molar-refractivity contribution in [2.24, 2.45) is 5.92 Å². The Morgan fingerprint density at radius 3 is 2.54 bits per heavy atom. The molecule has 0 radical (unpaired) electrons. The Bertz CT molecular complexity index is 851. The number of carbonyl (C=O) groups is 2. The SMILES string of the molecule is Cc1ccc(NC(=O)C2CC2)cc1NC(=O)COc1ccc(Cl)c(Cl)c1. The molecule has 2 N–H and O–H groups in total. The summed E-state index contributed by atoms with van der Waals surface area (Å²) in [6.45, 7) is 1.71. The summed E-state index contributed by atoms with van der Waals surface area (Å²) in [6.07, 6.45) is 1.88. The summed E-state index contributed by atoms with van der Waals surface area (Å²) in [5, 5.41) is 6.44. The van der Waals surface area contributed by atoms with E-state index in [1.165, 1.54) is 0 Å². The molecule has 2 aromatic rings. The standard InChI is InChI=1S/C19H18Cl2N2O3/c1-11-2-5-13(22-19(25)12-3-4-12)8-17(11)23-18(24)10-26-14-6-7-15(20)16(21)9-14/h2,5-9,12H,3-4,10H2,1H3,(H,22,25)(H,23,24). The maximum atomic E-state index is 12.2. The highest BCUT2D eigenvalue weighted by Crippen LogP contribution is 2.31. The Morgan fingerprint density at radius 1 is 1.08 bits per heavy atom. The van der Waals surface area contributed by atoms with Gasteiger partial charge in [0.05, 0.1) is 10.0 Å². The summed E-state index contributed by atoms with van der Waals surface area (Å²) in [5.41, 5.74) is 2.17. The molecule has 1 saturated carbocycles. The minimum absolute atomic E-state index is 0.0223. The topological polar surface area (TPSA) is 67.4 Å². The molecule has 0 spiro atoms. The summed E-state index contributed by atoms with van der Waals surface area (Å²) < 4.78 is 5.43. The summed E-state index contributed by atoms with van der Waals surface area (Å²) in [6, 6.07) is 10.2. The number of anilines is 2. The lowest BCUT2D eigenvalue weighted by molar-refractivity contribution is -0.118. The van der Waals surface area contributed by atoms with Crippen LogP contribution >= 0.6 is 23.2 Å². The number of amides is 2. The number of ether oxygens (including phenoxy) is 1. The minimum atomic E-state index is -0.315. The lowest BCUT2D eigenvalue weighted by atomic mass is 10.1. The smallest absolute Gasteiger partial charge is 0.262 e. The second-order valence-corrected chi connectivity index (χ2v) is 7.02. The zero-order chi connectivity index (χ0) is 18.7. The molecule has 0 saturated heterocycles. The van der Waals surface area contributed by atoms with Crippen LogP contribution in [0.25, 0.3) is 0 Å². The van der Waals surface area contributed by atoms with Crippen LogP contribution in [-0.2, 0) is 9.59 Å². The fourth-order valence-electron chi connectivity index (χ4n) is 2.33. The highest BCUT2D eigenvalue weighted by Gasteiger charge is 2.29. The van der Waals surface area contributed by atoms with Crippen LogP contribution in [0.3, 0.4) is 0 Å². The molecule has 2 amide bonds. The van der Waals surface area contributed by atoms with E-state index in [9.17, 15) is 9.59 Å². The van der Waals surface area contributed by atoms with Crippen molar-refractivity contribution in [1.82, 2.24) is 0 Å². The third-order valence-corrected chi connectivity index (χ3v) is 4.73. The Hall–Kier alpha value is -2.24. The normalized spacial score (nSPS) is 13.2. The molecule has 0 aromatic heterocycles. The van der Waals surface area contributed by atoms with Crippen LogP contribution in [0.5, 0.6) is 5.75 Å². The Kier molecular flexibility index (Phi) is 5.69. The average Bonchev–Trinajstić information content (AvgIpc) is 3.44. The fraction of sp³-hybridized carbons (Fsp3) is 0.263. The predicted molar refractivity (Wildman–Crippen MR) is 103 cm³/mol. The maximum absolute atomic E-state index is 12.2. The van der Waals surface area contributed by atoms with Crippen molar-refractivity contribution in [3.63, 3.8) is 0 Å². The van der Waals surface area contributed by atoms with Crippen molar-refractivity contribution in [2.45, 2.75) is 19.8 Å². The van der Waals surface area contributed by atoms with E-state index in [1.807, 2.05) is 19.1 Å². The molecule has 136 valence electrons. The lowest BCUT2D eigenvalue weighted by Crippen LogP contribution is -2.21. The molecule has 26 heavy (non-hydrogen) atoms. The van der Waals surface area contributed by atoms with Gasteiger partial charge in [-0.1, -0.05) is 29.3 Å². The van der Waals surface area contributed by atoms with Crippen molar-refractivity contribution in [3.8, 4) is 5.75 Å². The number of aryl methyl sites for hydroxylation is 1. The number of rotatable bonds is 6. The van der Waals surface area contributed by atoms with Crippen LogP contribution < -0.4 is 15.4 Å². The molecule has 5 nitrogen and oxygen atoms in total. The number of benzene rings is 2. The molecule has 0 bridgehead atoms. The second-order valence-electron chi connectivity index (χ2n) is 6.21. The largest absolute Gasteiger partial charge is 0.484 e. The second kappa shape index (κ2) is 7.98. The zero-order valence-electron chi connectivity index (χ0n) is 14.1. The van der Waals surface area contributed by atoms with Gasteiger partial charge in [-0.25, -0.2) is 0 Å². The summed E-state index contributed by atoms with van der Waals surface area (Å²) >= 11 is 11.8. The van der Waals surface area contributed by atoms with Gasteiger partial charge in [-0.05, 0) is 49.6 Å². The van der Waals surface area contributed by atoms with E-state index in [4.69, 9.17) is 27.9 Å². The molecular formula is C19H18Cl2N2O3. The molecule has 3 rings (SSSR count). The first-order chi connectivity index (χ1) is 12.4. The molecule has 0 unspecified atom stereocenters. The van der Waals surface area contributed by atoms with Gasteiger partial charge >= 0.3 is 0 Å². The molecule has 0 aliphatic heterocycles. The first-order valence-corrected chi connectivity index (χ1v) is 8.97. The van der Waals surface area contributed by atoms with Crippen LogP contribution in [0.4, 0.5) is 11.4 Å². The summed E-state index contributed by atoms with van der Waals surface area (Å²) in [4.78, 5) is 24.0. The Morgan fingerprint density at radius 2 is 1.85 bits per heavy atom. The van der Waals surface area contributed by atoms with Gasteiger partial charge in [0.15, 0.2) is 6.61 Å². The first kappa shape index (κ1) is 18.5. The monoisotopic (exact) mass is 392 g/mol. The molecule has 7 heteroatoms. The van der Waals surface area contributed by atoms with Gasteiger partial charge in [-0.15, -0.1) is 0 Å². The highest BCUT2D eigenvalue weighted by atomic mass is 35.5. The fourth-order valence-corrected chi connectivity index (χ4v) is 2.61. The van der Waals surface area contributed by atoms with Crippen molar-refractivity contribution in [2.75, 3.05) is 17.2 Å². The van der Waals surface area contributed by atoms with Crippen LogP contribution in [0, 0.1) is 12.8 Å². The van der Waals surface area contributed by atoms with E-state index >= 15 is 0 Å². The highest BCUT2D eigenvalue weighted by molar-refractivity contribution is 6.42.